The number of nitrogens with one attached hydrogen (secondary N) is 1. The highest BCUT2D eigenvalue weighted by Gasteiger charge is 2.45. The van der Waals surface area contributed by atoms with E-state index >= 15 is 0 Å². The Hall–Kier alpha value is -2.63. The van der Waals surface area contributed by atoms with Crippen LogP contribution in [0.1, 0.15) is 92.7 Å². The minimum Gasteiger partial charge on any atom is -0.508 e. The highest BCUT2D eigenvalue weighted by molar-refractivity contribution is 5.94. The van der Waals surface area contributed by atoms with Crippen LogP contribution >= 0.6 is 0 Å². The van der Waals surface area contributed by atoms with E-state index in [9.17, 15) is 9.90 Å². The standard InChI is InChI=1S/C32H43N3O2/c1-4-20-34-22(2)12-19-30-29(34)18-13-23(3)35(30)31(26-8-7-11-28(36)21-26)24-14-16-25(17-15-24)32(37)33-27-9-5-6-10-27/h4,7-8,11,14-17,21-23,27,29-31,36H,1,5-6,9-10,12-13,18-20H2,2-3H3,(H,33,37). The van der Waals surface area contributed by atoms with Crippen LogP contribution in [0.5, 0.6) is 5.75 Å². The van der Waals surface area contributed by atoms with Crippen molar-refractivity contribution in [2.24, 2.45) is 0 Å². The van der Waals surface area contributed by atoms with Crippen LogP contribution in [0.4, 0.5) is 0 Å². The maximum absolute atomic E-state index is 12.9. The summed E-state index contributed by atoms with van der Waals surface area (Å²) in [5.41, 5.74) is 2.99. The second-order valence-electron chi connectivity index (χ2n) is 11.5. The summed E-state index contributed by atoms with van der Waals surface area (Å²) in [5, 5.41) is 13.6. The van der Waals surface area contributed by atoms with Gasteiger partial charge in [0, 0.05) is 42.3 Å². The molecule has 2 aliphatic heterocycles. The third-order valence-electron chi connectivity index (χ3n) is 9.09. The summed E-state index contributed by atoms with van der Waals surface area (Å²) in [7, 11) is 0. The minimum absolute atomic E-state index is 0.0147. The first-order chi connectivity index (χ1) is 18.0. The molecule has 5 rings (SSSR count). The largest absolute Gasteiger partial charge is 0.508 e. The monoisotopic (exact) mass is 501 g/mol. The molecule has 2 aromatic carbocycles. The summed E-state index contributed by atoms with van der Waals surface area (Å²) < 4.78 is 0. The van der Waals surface area contributed by atoms with Crippen LogP contribution in [0.2, 0.25) is 0 Å². The molecule has 5 heteroatoms. The van der Waals surface area contributed by atoms with E-state index in [1.807, 2.05) is 30.3 Å². The zero-order valence-electron chi connectivity index (χ0n) is 22.5. The van der Waals surface area contributed by atoms with Crippen LogP contribution < -0.4 is 5.32 Å². The van der Waals surface area contributed by atoms with Crippen LogP contribution in [-0.4, -0.2) is 57.6 Å². The Morgan fingerprint density at radius 2 is 1.68 bits per heavy atom. The molecule has 2 aromatic rings. The van der Waals surface area contributed by atoms with Crippen LogP contribution in [0.15, 0.2) is 61.2 Å². The summed E-state index contributed by atoms with van der Waals surface area (Å²) in [5.74, 6) is 0.321. The number of carbonyl (C=O) groups excluding carboxylic acids is 1. The first-order valence-corrected chi connectivity index (χ1v) is 14.3. The molecular formula is C32H43N3O2. The normalized spacial score (nSPS) is 27.9. The number of fused-ring (bicyclic) bond motifs is 1. The fourth-order valence-electron chi connectivity index (χ4n) is 7.21. The maximum Gasteiger partial charge on any atom is 0.251 e. The summed E-state index contributed by atoms with van der Waals surface area (Å²) in [4.78, 5) is 18.3. The molecule has 1 amide bonds. The molecule has 2 heterocycles. The quantitative estimate of drug-likeness (QED) is 0.454. The third kappa shape index (κ3) is 5.49. The van der Waals surface area contributed by atoms with E-state index in [0.717, 1.165) is 36.9 Å². The van der Waals surface area contributed by atoms with E-state index in [-0.39, 0.29) is 11.9 Å². The number of rotatable bonds is 7. The predicted octanol–water partition coefficient (Wildman–Crippen LogP) is 6.05. The highest BCUT2D eigenvalue weighted by Crippen LogP contribution is 2.43. The summed E-state index contributed by atoms with van der Waals surface area (Å²) in [6.07, 6.45) is 11.3. The van der Waals surface area contributed by atoms with Gasteiger partial charge in [0.25, 0.3) is 5.91 Å². The van der Waals surface area contributed by atoms with Gasteiger partial charge in [0.2, 0.25) is 0 Å². The Morgan fingerprint density at radius 3 is 2.38 bits per heavy atom. The molecule has 0 radical (unpaired) electrons. The minimum atomic E-state index is 0.0147. The molecule has 1 aliphatic carbocycles. The smallest absolute Gasteiger partial charge is 0.251 e. The zero-order valence-corrected chi connectivity index (χ0v) is 22.5. The zero-order chi connectivity index (χ0) is 25.9. The van der Waals surface area contributed by atoms with Crippen LogP contribution in [-0.2, 0) is 0 Å². The molecule has 198 valence electrons. The Labute approximate surface area is 222 Å². The molecule has 1 saturated carbocycles. The Morgan fingerprint density at radius 1 is 0.973 bits per heavy atom. The molecule has 0 aromatic heterocycles. The fraction of sp³-hybridized carbons (Fsp3) is 0.531. The predicted molar refractivity (Wildman–Crippen MR) is 150 cm³/mol. The van der Waals surface area contributed by atoms with Gasteiger partial charge in [-0.1, -0.05) is 43.2 Å². The van der Waals surface area contributed by atoms with E-state index in [1.165, 1.54) is 37.7 Å². The Kier molecular flexibility index (Phi) is 8.01. The number of nitrogens with zero attached hydrogens (tertiary/aromatic N) is 2. The van der Waals surface area contributed by atoms with E-state index < -0.39 is 0 Å². The van der Waals surface area contributed by atoms with Crippen molar-refractivity contribution in [1.82, 2.24) is 15.1 Å². The number of hydrogen-bond acceptors (Lipinski definition) is 4. The van der Waals surface area contributed by atoms with Crippen molar-refractivity contribution < 1.29 is 9.90 Å². The average molecular weight is 502 g/mol. The number of benzene rings is 2. The van der Waals surface area contributed by atoms with Gasteiger partial charge in [0.1, 0.15) is 5.75 Å². The average Bonchev–Trinajstić information content (AvgIpc) is 3.41. The summed E-state index contributed by atoms with van der Waals surface area (Å²) in [6, 6.07) is 18.2. The summed E-state index contributed by atoms with van der Waals surface area (Å²) >= 11 is 0. The van der Waals surface area contributed by atoms with Crippen LogP contribution in [0, 0.1) is 0 Å². The SMILES string of the molecule is C=CCN1C(C)CCC2C1CCC(C)N2C(c1ccc(C(=O)NC2CCCC2)cc1)c1cccc(O)c1. The van der Waals surface area contributed by atoms with Gasteiger partial charge >= 0.3 is 0 Å². The molecule has 0 spiro atoms. The van der Waals surface area contributed by atoms with Crippen molar-refractivity contribution in [3.05, 3.63) is 77.9 Å². The van der Waals surface area contributed by atoms with Gasteiger partial charge in [-0.25, -0.2) is 0 Å². The van der Waals surface area contributed by atoms with Crippen LogP contribution in [0.25, 0.3) is 0 Å². The van der Waals surface area contributed by atoms with Gasteiger partial charge in [0.15, 0.2) is 0 Å². The van der Waals surface area contributed by atoms with Gasteiger partial charge in [0.05, 0.1) is 6.04 Å². The van der Waals surface area contributed by atoms with Crippen molar-refractivity contribution in [1.29, 1.82) is 0 Å². The molecule has 5 atom stereocenters. The molecule has 0 bridgehead atoms. The van der Waals surface area contributed by atoms with Crippen LogP contribution in [0.3, 0.4) is 0 Å². The van der Waals surface area contributed by atoms with Gasteiger partial charge in [-0.3, -0.25) is 14.6 Å². The van der Waals surface area contributed by atoms with Crippen molar-refractivity contribution in [3.63, 3.8) is 0 Å². The molecule has 3 fully saturated rings. The third-order valence-corrected chi connectivity index (χ3v) is 9.09. The first kappa shape index (κ1) is 26.0. The van der Waals surface area contributed by atoms with Gasteiger partial charge in [-0.05, 0) is 87.8 Å². The number of aromatic hydroxyl groups is 1. The molecule has 3 aliphatic rings. The number of phenols is 1. The number of carbonyl (C=O) groups is 1. The maximum atomic E-state index is 12.9. The lowest BCUT2D eigenvalue weighted by molar-refractivity contribution is -0.0499. The molecule has 5 nitrogen and oxygen atoms in total. The number of piperidine rings is 2. The van der Waals surface area contributed by atoms with Crippen molar-refractivity contribution in [2.75, 3.05) is 6.54 Å². The highest BCUT2D eigenvalue weighted by atomic mass is 16.3. The topological polar surface area (TPSA) is 55.8 Å². The lowest BCUT2D eigenvalue weighted by Gasteiger charge is -2.56. The van der Waals surface area contributed by atoms with Crippen molar-refractivity contribution in [3.8, 4) is 5.75 Å². The molecule has 2 saturated heterocycles. The fourth-order valence-corrected chi connectivity index (χ4v) is 7.21. The van der Waals surface area contributed by atoms with E-state index in [0.29, 0.717) is 36.0 Å². The van der Waals surface area contributed by atoms with Gasteiger partial charge in [-0.2, -0.15) is 0 Å². The number of hydrogen-bond donors (Lipinski definition) is 2. The Balaban J connectivity index is 1.48. The second-order valence-corrected chi connectivity index (χ2v) is 11.5. The molecule has 2 N–H and O–H groups in total. The number of likely N-dealkylation sites (tertiary alicyclic amines) is 2. The Bertz CT molecular complexity index is 1080. The lowest BCUT2D eigenvalue weighted by Crippen LogP contribution is -2.63. The molecule has 37 heavy (non-hydrogen) atoms. The van der Waals surface area contributed by atoms with Gasteiger partial charge < -0.3 is 10.4 Å². The number of amides is 1. The van der Waals surface area contributed by atoms with E-state index in [1.54, 1.807) is 6.07 Å². The first-order valence-electron chi connectivity index (χ1n) is 14.3. The van der Waals surface area contributed by atoms with Gasteiger partial charge in [-0.15, -0.1) is 6.58 Å². The number of phenolic OH excluding ortho intramolecular Hbond substituents is 1. The van der Waals surface area contributed by atoms with E-state index in [4.69, 9.17) is 0 Å². The lowest BCUT2D eigenvalue weighted by atomic mass is 9.79. The van der Waals surface area contributed by atoms with E-state index in [2.05, 4.69) is 53.7 Å². The summed E-state index contributed by atoms with van der Waals surface area (Å²) in [6.45, 7) is 9.67. The second kappa shape index (κ2) is 11.4. The molecule has 5 unspecified atom stereocenters. The molecular weight excluding hydrogens is 458 g/mol. The van der Waals surface area contributed by atoms with Crippen molar-refractivity contribution >= 4 is 5.91 Å². The van der Waals surface area contributed by atoms with Crippen molar-refractivity contribution in [2.45, 2.75) is 101 Å².